The first-order valence-electron chi connectivity index (χ1n) is 9.98. The van der Waals surface area contributed by atoms with Crippen LogP contribution in [-0.2, 0) is 6.42 Å². The fourth-order valence-corrected chi connectivity index (χ4v) is 3.34. The molecule has 0 aliphatic heterocycles. The standard InChI is InChI=1S/C23H20FN5O4/c1-33-18-8-6-17(7-9-18)29-22(31)19(21(30)28-23(29)32)20(14-2-4-15(24)5-3-14)26-11-10-16-12-25-13-27-16/h2-9,12-13,31H,10-11H2,1H3,(H,25,27)(H,28,30,32). The number of aromatic amines is 2. The van der Waals surface area contributed by atoms with E-state index in [1.165, 1.54) is 31.4 Å². The van der Waals surface area contributed by atoms with Crippen molar-refractivity contribution in [3.63, 3.8) is 0 Å². The van der Waals surface area contributed by atoms with Gasteiger partial charge in [-0.3, -0.25) is 14.8 Å². The molecule has 2 aromatic carbocycles. The molecule has 0 spiro atoms. The molecular formula is C23H20FN5O4. The monoisotopic (exact) mass is 449 g/mol. The van der Waals surface area contributed by atoms with Gasteiger partial charge in [0.15, 0.2) is 0 Å². The van der Waals surface area contributed by atoms with Gasteiger partial charge in [0.05, 0.1) is 24.8 Å². The van der Waals surface area contributed by atoms with Crippen LogP contribution in [0.25, 0.3) is 5.69 Å². The van der Waals surface area contributed by atoms with Crippen LogP contribution in [0.1, 0.15) is 16.8 Å². The molecule has 0 unspecified atom stereocenters. The van der Waals surface area contributed by atoms with E-state index >= 15 is 0 Å². The van der Waals surface area contributed by atoms with Crippen LogP contribution in [0.3, 0.4) is 0 Å². The fraction of sp³-hybridized carbons (Fsp3) is 0.130. The molecular weight excluding hydrogens is 429 g/mol. The van der Waals surface area contributed by atoms with Crippen LogP contribution in [-0.4, -0.2) is 44.0 Å². The summed E-state index contributed by atoms with van der Waals surface area (Å²) in [5, 5.41) is 11.0. The molecule has 0 atom stereocenters. The van der Waals surface area contributed by atoms with E-state index in [4.69, 9.17) is 4.74 Å². The van der Waals surface area contributed by atoms with E-state index in [9.17, 15) is 19.1 Å². The topological polar surface area (TPSA) is 125 Å². The number of nitrogens with one attached hydrogen (secondary N) is 2. The van der Waals surface area contributed by atoms with Crippen molar-refractivity contribution in [1.29, 1.82) is 0 Å². The molecule has 0 amide bonds. The molecule has 10 heteroatoms. The summed E-state index contributed by atoms with van der Waals surface area (Å²) >= 11 is 0. The van der Waals surface area contributed by atoms with E-state index in [1.54, 1.807) is 36.8 Å². The van der Waals surface area contributed by atoms with Gasteiger partial charge in [0.25, 0.3) is 5.56 Å². The smallest absolute Gasteiger partial charge is 0.335 e. The molecule has 3 N–H and O–H groups in total. The zero-order valence-electron chi connectivity index (χ0n) is 17.6. The number of hydrogen-bond donors (Lipinski definition) is 3. The third-order valence-corrected chi connectivity index (χ3v) is 4.98. The van der Waals surface area contributed by atoms with E-state index in [1.807, 2.05) is 0 Å². The number of benzene rings is 2. The zero-order valence-corrected chi connectivity index (χ0v) is 17.6. The molecule has 4 aromatic rings. The lowest BCUT2D eigenvalue weighted by molar-refractivity contribution is 0.414. The van der Waals surface area contributed by atoms with Crippen molar-refractivity contribution in [1.82, 2.24) is 19.5 Å². The van der Waals surface area contributed by atoms with E-state index in [-0.39, 0.29) is 17.8 Å². The lowest BCUT2D eigenvalue weighted by atomic mass is 10.0. The number of H-pyrrole nitrogens is 2. The highest BCUT2D eigenvalue weighted by molar-refractivity contribution is 6.14. The number of halogens is 1. The van der Waals surface area contributed by atoms with Crippen molar-refractivity contribution in [3.8, 4) is 17.3 Å². The predicted octanol–water partition coefficient (Wildman–Crippen LogP) is 2.18. The summed E-state index contributed by atoms with van der Waals surface area (Å²) in [5.41, 5.74) is -0.168. The molecule has 0 saturated heterocycles. The summed E-state index contributed by atoms with van der Waals surface area (Å²) in [6.07, 6.45) is 3.68. The summed E-state index contributed by atoms with van der Waals surface area (Å²) in [6, 6.07) is 11.7. The number of hydrogen-bond acceptors (Lipinski definition) is 6. The van der Waals surface area contributed by atoms with E-state index < -0.39 is 22.9 Å². The second-order valence-electron chi connectivity index (χ2n) is 7.06. The van der Waals surface area contributed by atoms with Crippen LogP contribution in [0.5, 0.6) is 11.6 Å². The van der Waals surface area contributed by atoms with Gasteiger partial charge in [-0.15, -0.1) is 0 Å². The molecule has 2 aromatic heterocycles. The molecule has 0 fully saturated rings. The summed E-state index contributed by atoms with van der Waals surface area (Å²) in [6.45, 7) is 0.245. The number of rotatable bonds is 7. The Kier molecular flexibility index (Phi) is 6.16. The summed E-state index contributed by atoms with van der Waals surface area (Å²) in [4.78, 5) is 39.0. The SMILES string of the molecule is COc1ccc(-n2c(O)c(C(=NCCc3cnc[nH]3)c3ccc(F)cc3)c(=O)[nH]c2=O)cc1. The van der Waals surface area contributed by atoms with Crippen molar-refractivity contribution in [2.75, 3.05) is 13.7 Å². The third-order valence-electron chi connectivity index (χ3n) is 4.98. The molecule has 0 radical (unpaired) electrons. The van der Waals surface area contributed by atoms with Gasteiger partial charge in [0.1, 0.15) is 17.1 Å². The molecule has 0 bridgehead atoms. The van der Waals surface area contributed by atoms with E-state index in [2.05, 4.69) is 19.9 Å². The Balaban J connectivity index is 1.85. The van der Waals surface area contributed by atoms with Crippen LogP contribution >= 0.6 is 0 Å². The molecule has 0 saturated carbocycles. The maximum Gasteiger partial charge on any atom is 0.335 e. The minimum Gasteiger partial charge on any atom is -0.497 e. The fourth-order valence-electron chi connectivity index (χ4n) is 3.34. The van der Waals surface area contributed by atoms with Gasteiger partial charge in [-0.05, 0) is 48.5 Å². The number of aromatic nitrogens is 4. The average Bonchev–Trinajstić information content (AvgIpc) is 3.32. The van der Waals surface area contributed by atoms with Crippen molar-refractivity contribution >= 4 is 5.71 Å². The van der Waals surface area contributed by atoms with Crippen molar-refractivity contribution in [3.05, 3.63) is 105 Å². The number of aromatic hydroxyl groups is 1. The third kappa shape index (κ3) is 4.59. The van der Waals surface area contributed by atoms with Crippen LogP contribution in [0.4, 0.5) is 4.39 Å². The predicted molar refractivity (Wildman–Crippen MR) is 120 cm³/mol. The number of ether oxygens (including phenoxy) is 1. The summed E-state index contributed by atoms with van der Waals surface area (Å²) in [5.74, 6) is -0.487. The summed E-state index contributed by atoms with van der Waals surface area (Å²) in [7, 11) is 1.51. The molecule has 0 aliphatic rings. The molecule has 33 heavy (non-hydrogen) atoms. The molecule has 9 nitrogen and oxygen atoms in total. The molecule has 0 aliphatic carbocycles. The molecule has 2 heterocycles. The second kappa shape index (κ2) is 9.35. The largest absolute Gasteiger partial charge is 0.497 e. The lowest BCUT2D eigenvalue weighted by Gasteiger charge is -2.14. The molecule has 168 valence electrons. The van der Waals surface area contributed by atoms with Crippen LogP contribution in [0, 0.1) is 5.82 Å². The number of aliphatic imine (C=N–C) groups is 1. The van der Waals surface area contributed by atoms with Gasteiger partial charge in [-0.2, -0.15) is 0 Å². The number of methoxy groups -OCH3 is 1. The first kappa shape index (κ1) is 21.8. The van der Waals surface area contributed by atoms with Gasteiger partial charge in [-0.1, -0.05) is 0 Å². The Bertz CT molecular complexity index is 1390. The lowest BCUT2D eigenvalue weighted by Crippen LogP contribution is -2.33. The Morgan fingerprint density at radius 1 is 1.15 bits per heavy atom. The zero-order chi connectivity index (χ0) is 23.4. The van der Waals surface area contributed by atoms with Gasteiger partial charge < -0.3 is 14.8 Å². The van der Waals surface area contributed by atoms with Gasteiger partial charge >= 0.3 is 5.69 Å². The number of imidazole rings is 1. The second-order valence-corrected chi connectivity index (χ2v) is 7.06. The maximum absolute atomic E-state index is 13.5. The van der Waals surface area contributed by atoms with E-state index in [0.717, 1.165) is 10.3 Å². The van der Waals surface area contributed by atoms with E-state index in [0.29, 0.717) is 23.4 Å². The highest BCUT2D eigenvalue weighted by Crippen LogP contribution is 2.22. The first-order chi connectivity index (χ1) is 16.0. The maximum atomic E-state index is 13.5. The molecule has 4 rings (SSSR count). The van der Waals surface area contributed by atoms with Gasteiger partial charge in [0, 0.05) is 30.4 Å². The highest BCUT2D eigenvalue weighted by atomic mass is 19.1. The Morgan fingerprint density at radius 2 is 1.88 bits per heavy atom. The highest BCUT2D eigenvalue weighted by Gasteiger charge is 2.21. The van der Waals surface area contributed by atoms with Crippen molar-refractivity contribution in [2.24, 2.45) is 4.99 Å². The quantitative estimate of drug-likeness (QED) is 0.373. The van der Waals surface area contributed by atoms with Gasteiger partial charge in [-0.25, -0.2) is 18.7 Å². The van der Waals surface area contributed by atoms with Crippen molar-refractivity contribution < 1.29 is 14.2 Å². The minimum absolute atomic E-state index is 0.121. The van der Waals surface area contributed by atoms with Crippen LogP contribution in [0.2, 0.25) is 0 Å². The Labute approximate surface area is 186 Å². The van der Waals surface area contributed by atoms with Gasteiger partial charge in [0.2, 0.25) is 5.88 Å². The first-order valence-corrected chi connectivity index (χ1v) is 9.98. The number of nitrogens with zero attached hydrogens (tertiary/aromatic N) is 3. The Hall–Kier alpha value is -4.47. The van der Waals surface area contributed by atoms with Crippen LogP contribution in [0.15, 0.2) is 75.6 Å². The summed E-state index contributed by atoms with van der Waals surface area (Å²) < 4.78 is 19.6. The van der Waals surface area contributed by atoms with Crippen molar-refractivity contribution in [2.45, 2.75) is 6.42 Å². The van der Waals surface area contributed by atoms with Crippen LogP contribution < -0.4 is 16.0 Å². The normalized spacial score (nSPS) is 11.5. The Morgan fingerprint density at radius 3 is 2.52 bits per heavy atom. The average molecular weight is 449 g/mol. The minimum atomic E-state index is -0.817.